The molecule has 0 spiro atoms. The average Bonchev–Trinajstić information content (AvgIpc) is 3.52. The van der Waals surface area contributed by atoms with Crippen molar-refractivity contribution in [2.45, 2.75) is 90.6 Å². The average molecular weight is 684 g/mol. The van der Waals surface area contributed by atoms with Gasteiger partial charge in [-0.2, -0.15) is 5.10 Å². The molecule has 2 aliphatic rings. The number of nitrogens with zero attached hydrogens (tertiary/aromatic N) is 6. The number of benzene rings is 1. The summed E-state index contributed by atoms with van der Waals surface area (Å²) in [6.45, 7) is 9.82. The lowest BCUT2D eigenvalue weighted by molar-refractivity contribution is 0.169. The van der Waals surface area contributed by atoms with Crippen molar-refractivity contribution in [1.82, 2.24) is 34.8 Å². The van der Waals surface area contributed by atoms with E-state index in [4.69, 9.17) is 21.3 Å². The van der Waals surface area contributed by atoms with Crippen molar-refractivity contribution in [2.75, 3.05) is 20.6 Å². The summed E-state index contributed by atoms with van der Waals surface area (Å²) >= 11 is 0. The van der Waals surface area contributed by atoms with Crippen LogP contribution in [0, 0.1) is 16.7 Å². The minimum atomic E-state index is -0.394. The van der Waals surface area contributed by atoms with Gasteiger partial charge in [-0.3, -0.25) is 25.4 Å². The van der Waals surface area contributed by atoms with Crippen molar-refractivity contribution in [2.24, 2.45) is 16.6 Å². The third-order valence-electron chi connectivity index (χ3n) is 9.46. The molecule has 3 unspecified atom stereocenters. The summed E-state index contributed by atoms with van der Waals surface area (Å²) in [6.07, 6.45) is 9.56. The number of aromatic nitrogens is 3. The maximum Gasteiger partial charge on any atom is 0.320 e. The number of hydrogen-bond acceptors (Lipinski definition) is 8. The van der Waals surface area contributed by atoms with Crippen LogP contribution in [0.25, 0.3) is 0 Å². The van der Waals surface area contributed by atoms with E-state index in [1.54, 1.807) is 29.0 Å². The molecule has 1 aliphatic carbocycles. The molecule has 13 heteroatoms. The van der Waals surface area contributed by atoms with Crippen LogP contribution < -0.4 is 26.6 Å². The van der Waals surface area contributed by atoms with E-state index in [9.17, 15) is 4.79 Å². The lowest BCUT2D eigenvalue weighted by atomic mass is 9.85. The largest absolute Gasteiger partial charge is 0.484 e. The third kappa shape index (κ3) is 9.00. The Labute approximate surface area is 295 Å². The van der Waals surface area contributed by atoms with E-state index >= 15 is 0 Å². The molecular formula is C37H53N11O2. The number of nitrogens with two attached hydrogens (primary N) is 1. The number of nitrogens with one attached hydrogen (secondary N) is 4. The molecular weight excluding hydrogens is 630 g/mol. The van der Waals surface area contributed by atoms with Crippen LogP contribution in [0.3, 0.4) is 0 Å². The number of likely N-dealkylation sites (N-methyl/N-ethyl adjacent to an activating group) is 1. The molecule has 0 bridgehead atoms. The SMILES string of the molecule is CC(C)C(N)=CC(=Nc1ccn(CCN(C)C)n1)NC(=O)NC1CC[C@@H](Oc2ccc(=N)n(C(=N)N3C(C)CCCC3C)c2)c2ccccc21. The molecule has 1 saturated heterocycles. The van der Waals surface area contributed by atoms with E-state index in [2.05, 4.69) is 44.4 Å². The number of ether oxygens (including phenoxy) is 1. The molecule has 50 heavy (non-hydrogen) atoms. The Kier molecular flexibility index (Phi) is 11.8. The zero-order chi connectivity index (χ0) is 35.9. The zero-order valence-electron chi connectivity index (χ0n) is 30.2. The third-order valence-corrected chi connectivity index (χ3v) is 9.46. The fourth-order valence-corrected chi connectivity index (χ4v) is 6.57. The Morgan fingerprint density at radius 1 is 1.10 bits per heavy atom. The molecule has 2 amide bonds. The molecule has 13 nitrogen and oxygen atoms in total. The molecule has 3 heterocycles. The molecule has 6 N–H and O–H groups in total. The molecule has 268 valence electrons. The van der Waals surface area contributed by atoms with Crippen LogP contribution in [-0.4, -0.2) is 74.7 Å². The van der Waals surface area contributed by atoms with Gasteiger partial charge in [0.2, 0.25) is 5.96 Å². The Hall–Kier alpha value is -4.91. The number of likely N-dealkylation sites (tertiary alicyclic amines) is 1. The monoisotopic (exact) mass is 683 g/mol. The first-order valence-electron chi connectivity index (χ1n) is 17.6. The minimum absolute atomic E-state index is 0.0687. The number of amides is 2. The number of aliphatic imine (C=N–C) groups is 1. The van der Waals surface area contributed by atoms with E-state index in [0.717, 1.165) is 43.5 Å². The number of piperidine rings is 1. The van der Waals surface area contributed by atoms with Crippen molar-refractivity contribution in [3.63, 3.8) is 0 Å². The van der Waals surface area contributed by atoms with E-state index in [1.807, 2.05) is 69.2 Å². The lowest BCUT2D eigenvalue weighted by Gasteiger charge is -2.41. The number of hydrogen-bond donors (Lipinski definition) is 5. The highest BCUT2D eigenvalue weighted by Gasteiger charge is 2.31. The van der Waals surface area contributed by atoms with Crippen LogP contribution in [-0.2, 0) is 6.54 Å². The quantitative estimate of drug-likeness (QED) is 0.153. The second kappa shape index (κ2) is 16.2. The van der Waals surface area contributed by atoms with Gasteiger partial charge in [-0.15, -0.1) is 0 Å². The highest BCUT2D eigenvalue weighted by atomic mass is 16.5. The summed E-state index contributed by atoms with van der Waals surface area (Å²) in [5.74, 6) is 1.74. The number of carbonyl (C=O) groups is 1. The second-order valence-electron chi connectivity index (χ2n) is 14.0. The van der Waals surface area contributed by atoms with Crippen LogP contribution >= 0.6 is 0 Å². The molecule has 0 radical (unpaired) electrons. The Bertz CT molecular complexity index is 1760. The van der Waals surface area contributed by atoms with Crippen molar-refractivity contribution >= 4 is 23.6 Å². The number of amidine groups is 1. The molecule has 1 aromatic carbocycles. The van der Waals surface area contributed by atoms with Gasteiger partial charge in [-0.1, -0.05) is 38.1 Å². The van der Waals surface area contributed by atoms with Crippen molar-refractivity contribution in [3.05, 3.63) is 83.2 Å². The summed E-state index contributed by atoms with van der Waals surface area (Å²) in [5.41, 5.74) is 9.07. The summed E-state index contributed by atoms with van der Waals surface area (Å²) in [6, 6.07) is 13.1. The summed E-state index contributed by atoms with van der Waals surface area (Å²) < 4.78 is 9.98. The molecule has 1 aliphatic heterocycles. The smallest absolute Gasteiger partial charge is 0.320 e. The normalized spacial score (nSPS) is 21.2. The highest BCUT2D eigenvalue weighted by Crippen LogP contribution is 2.38. The van der Waals surface area contributed by atoms with Crippen LogP contribution in [0.5, 0.6) is 5.75 Å². The van der Waals surface area contributed by atoms with Gasteiger partial charge in [0.05, 0.1) is 18.8 Å². The number of allylic oxidation sites excluding steroid dienone is 1. The van der Waals surface area contributed by atoms with Crippen molar-refractivity contribution in [1.29, 1.82) is 10.8 Å². The van der Waals surface area contributed by atoms with Crippen LogP contribution in [0.2, 0.25) is 0 Å². The predicted molar refractivity (Wildman–Crippen MR) is 196 cm³/mol. The van der Waals surface area contributed by atoms with Crippen molar-refractivity contribution in [3.8, 4) is 5.75 Å². The first-order valence-corrected chi connectivity index (χ1v) is 17.6. The highest BCUT2D eigenvalue weighted by molar-refractivity contribution is 6.05. The number of rotatable bonds is 9. The molecule has 4 atom stereocenters. The minimum Gasteiger partial charge on any atom is -0.484 e. The maximum atomic E-state index is 13.5. The summed E-state index contributed by atoms with van der Waals surface area (Å²) in [4.78, 5) is 22.3. The Morgan fingerprint density at radius 3 is 2.52 bits per heavy atom. The van der Waals surface area contributed by atoms with Gasteiger partial charge in [0.1, 0.15) is 23.2 Å². The maximum absolute atomic E-state index is 13.5. The number of pyridine rings is 1. The molecule has 5 rings (SSSR count). The van der Waals surface area contributed by atoms with Gasteiger partial charge in [-0.25, -0.2) is 9.79 Å². The van der Waals surface area contributed by atoms with Gasteiger partial charge < -0.3 is 25.6 Å². The van der Waals surface area contributed by atoms with Gasteiger partial charge in [0, 0.05) is 36.6 Å². The molecule has 2 aromatic heterocycles. The first-order chi connectivity index (χ1) is 23.9. The van der Waals surface area contributed by atoms with E-state index in [0.29, 0.717) is 41.9 Å². The first kappa shape index (κ1) is 36.4. The summed E-state index contributed by atoms with van der Waals surface area (Å²) in [5, 5.41) is 28.1. The van der Waals surface area contributed by atoms with Crippen LogP contribution in [0.15, 0.2) is 71.6 Å². The predicted octanol–water partition coefficient (Wildman–Crippen LogP) is 5.25. The van der Waals surface area contributed by atoms with Crippen LogP contribution in [0.1, 0.15) is 83.1 Å². The fourth-order valence-electron chi connectivity index (χ4n) is 6.57. The molecule has 0 saturated carbocycles. The fraction of sp³-hybridized carbons (Fsp3) is 0.486. The zero-order valence-corrected chi connectivity index (χ0v) is 30.2. The van der Waals surface area contributed by atoms with Gasteiger partial charge in [0.15, 0.2) is 5.82 Å². The standard InChI is InChI=1S/C37H53N11O2/c1-24(2)30(38)22-35(42-34-18-19-46(44-34)21-20-45(5)6)43-37(49)41-31-15-16-32(29-13-8-7-12-28(29)31)50-27-14-17-33(39)47(23-27)36(40)48-25(3)10-9-11-26(48)4/h7-8,12-14,17-19,22-26,31-32,39-40H,9-11,15-16,20-21,38H2,1-6H3,(H2,41,42,43,44,49)/t25?,26?,31?,32-/m1/s1. The second-order valence-corrected chi connectivity index (χ2v) is 14.0. The van der Waals surface area contributed by atoms with Crippen molar-refractivity contribution < 1.29 is 9.53 Å². The Balaban J connectivity index is 1.30. The summed E-state index contributed by atoms with van der Waals surface area (Å²) in [7, 11) is 4.02. The molecule has 1 fully saturated rings. The van der Waals surface area contributed by atoms with Gasteiger partial charge in [-0.05, 0) is 95.3 Å². The Morgan fingerprint density at radius 2 is 1.82 bits per heavy atom. The van der Waals surface area contributed by atoms with Crippen LogP contribution in [0.4, 0.5) is 10.6 Å². The lowest BCUT2D eigenvalue weighted by Crippen LogP contribution is -2.51. The van der Waals surface area contributed by atoms with E-state index < -0.39 is 6.03 Å². The van der Waals surface area contributed by atoms with Gasteiger partial charge in [0.25, 0.3) is 0 Å². The number of urea groups is 1. The van der Waals surface area contributed by atoms with E-state index in [-0.39, 0.29) is 35.6 Å². The van der Waals surface area contributed by atoms with E-state index in [1.165, 1.54) is 0 Å². The number of fused-ring (bicyclic) bond motifs is 1. The molecule has 3 aromatic rings. The van der Waals surface area contributed by atoms with Gasteiger partial charge >= 0.3 is 6.03 Å². The topological polar surface area (TPSA) is 166 Å². The number of carbonyl (C=O) groups excluding carboxylic acids is 1.